The van der Waals surface area contributed by atoms with E-state index in [0.29, 0.717) is 10.8 Å². The minimum Gasteiger partial charge on any atom is -0.126 e. The Bertz CT molecular complexity index is 112. The highest BCUT2D eigenvalue weighted by Gasteiger charge is 2.58. The van der Waals surface area contributed by atoms with Gasteiger partial charge < -0.3 is 0 Å². The van der Waals surface area contributed by atoms with Gasteiger partial charge >= 0.3 is 0 Å². The van der Waals surface area contributed by atoms with Crippen molar-refractivity contribution in [2.24, 2.45) is 10.8 Å². The van der Waals surface area contributed by atoms with Gasteiger partial charge in [0, 0.05) is 5.88 Å². The first-order valence-electron chi connectivity index (χ1n) is 3.64. The average molecular weight is 147 g/mol. The quantitative estimate of drug-likeness (QED) is 0.526. The Labute approximate surface area is 62.6 Å². The Balaban J connectivity index is 2.57. The first-order chi connectivity index (χ1) is 4.08. The van der Waals surface area contributed by atoms with Crippen molar-refractivity contribution in [3.8, 4) is 0 Å². The van der Waals surface area contributed by atoms with Crippen LogP contribution in [-0.4, -0.2) is 5.88 Å². The van der Waals surface area contributed by atoms with Gasteiger partial charge in [-0.3, -0.25) is 0 Å². The van der Waals surface area contributed by atoms with Crippen molar-refractivity contribution in [1.29, 1.82) is 0 Å². The van der Waals surface area contributed by atoms with E-state index in [1.54, 1.807) is 0 Å². The van der Waals surface area contributed by atoms with E-state index in [9.17, 15) is 0 Å². The number of hydrogen-bond acceptors (Lipinski definition) is 0. The van der Waals surface area contributed by atoms with Crippen LogP contribution in [0.25, 0.3) is 0 Å². The molecule has 1 rings (SSSR count). The van der Waals surface area contributed by atoms with E-state index >= 15 is 0 Å². The summed E-state index contributed by atoms with van der Waals surface area (Å²) in [5.74, 6) is 0.844. The fourth-order valence-electron chi connectivity index (χ4n) is 1.73. The Morgan fingerprint density at radius 1 is 1.44 bits per heavy atom. The van der Waals surface area contributed by atoms with Gasteiger partial charge in [0.25, 0.3) is 0 Å². The molecular formula is C8H15Cl. The predicted molar refractivity (Wildman–Crippen MR) is 41.8 cm³/mol. The number of halogens is 1. The standard InChI is InChI=1S/C8H15Cl/c1-4-8(6-9)5-7(8,2)3/h4-6H2,1-3H3. The topological polar surface area (TPSA) is 0 Å². The Kier molecular flexibility index (Phi) is 1.55. The fourth-order valence-corrected chi connectivity index (χ4v) is 2.37. The molecule has 0 aromatic rings. The van der Waals surface area contributed by atoms with Crippen LogP contribution in [0.3, 0.4) is 0 Å². The first-order valence-corrected chi connectivity index (χ1v) is 4.17. The van der Waals surface area contributed by atoms with Gasteiger partial charge in [0.15, 0.2) is 0 Å². The Morgan fingerprint density at radius 3 is 1.89 bits per heavy atom. The van der Waals surface area contributed by atoms with Crippen molar-refractivity contribution in [2.75, 3.05) is 5.88 Å². The molecule has 1 aliphatic carbocycles. The van der Waals surface area contributed by atoms with Crippen molar-refractivity contribution < 1.29 is 0 Å². The molecule has 54 valence electrons. The van der Waals surface area contributed by atoms with Crippen LogP contribution in [0, 0.1) is 10.8 Å². The Morgan fingerprint density at radius 2 is 1.89 bits per heavy atom. The third-order valence-electron chi connectivity index (χ3n) is 3.02. The Hall–Kier alpha value is 0.290. The lowest BCUT2D eigenvalue weighted by Gasteiger charge is -2.13. The lowest BCUT2D eigenvalue weighted by Crippen LogP contribution is -2.08. The maximum absolute atomic E-state index is 5.84. The second kappa shape index (κ2) is 1.88. The molecule has 9 heavy (non-hydrogen) atoms. The van der Waals surface area contributed by atoms with E-state index in [1.165, 1.54) is 12.8 Å². The van der Waals surface area contributed by atoms with E-state index in [2.05, 4.69) is 20.8 Å². The molecule has 1 unspecified atom stereocenters. The third kappa shape index (κ3) is 0.881. The zero-order chi connectivity index (χ0) is 7.12. The van der Waals surface area contributed by atoms with Crippen LogP contribution in [0.1, 0.15) is 33.6 Å². The van der Waals surface area contributed by atoms with Gasteiger partial charge in [-0.05, 0) is 23.7 Å². The third-order valence-corrected chi connectivity index (χ3v) is 3.54. The molecule has 0 bridgehead atoms. The second-order valence-corrected chi connectivity index (χ2v) is 4.10. The molecule has 0 nitrogen and oxygen atoms in total. The number of alkyl halides is 1. The van der Waals surface area contributed by atoms with Gasteiger partial charge in [-0.15, -0.1) is 11.6 Å². The summed E-state index contributed by atoms with van der Waals surface area (Å²) in [4.78, 5) is 0. The molecule has 0 heterocycles. The predicted octanol–water partition coefficient (Wildman–Crippen LogP) is 3.05. The highest BCUT2D eigenvalue weighted by molar-refractivity contribution is 6.18. The summed E-state index contributed by atoms with van der Waals surface area (Å²) in [6, 6.07) is 0. The average Bonchev–Trinajstić information content (AvgIpc) is 2.35. The summed E-state index contributed by atoms with van der Waals surface area (Å²) in [5, 5.41) is 0. The van der Waals surface area contributed by atoms with Crippen LogP contribution >= 0.6 is 11.6 Å². The van der Waals surface area contributed by atoms with Crippen LogP contribution in [0.2, 0.25) is 0 Å². The van der Waals surface area contributed by atoms with Crippen LogP contribution in [0.4, 0.5) is 0 Å². The van der Waals surface area contributed by atoms with Crippen LogP contribution in [0.15, 0.2) is 0 Å². The largest absolute Gasteiger partial charge is 0.126 e. The lowest BCUT2D eigenvalue weighted by atomic mass is 9.95. The van der Waals surface area contributed by atoms with Gasteiger partial charge in [-0.2, -0.15) is 0 Å². The second-order valence-electron chi connectivity index (χ2n) is 3.83. The van der Waals surface area contributed by atoms with E-state index in [-0.39, 0.29) is 0 Å². The smallest absolute Gasteiger partial charge is 0.0285 e. The fraction of sp³-hybridized carbons (Fsp3) is 1.00. The summed E-state index contributed by atoms with van der Waals surface area (Å²) in [7, 11) is 0. The normalized spacial score (nSPS) is 38.7. The lowest BCUT2D eigenvalue weighted by molar-refractivity contribution is 0.411. The summed E-state index contributed by atoms with van der Waals surface area (Å²) < 4.78 is 0. The van der Waals surface area contributed by atoms with E-state index in [0.717, 1.165) is 5.88 Å². The van der Waals surface area contributed by atoms with Gasteiger partial charge in [-0.25, -0.2) is 0 Å². The van der Waals surface area contributed by atoms with Crippen molar-refractivity contribution in [2.45, 2.75) is 33.6 Å². The molecular weight excluding hydrogens is 132 g/mol. The van der Waals surface area contributed by atoms with Gasteiger partial charge in [-0.1, -0.05) is 20.8 Å². The molecule has 1 saturated carbocycles. The molecule has 1 aliphatic rings. The summed E-state index contributed by atoms with van der Waals surface area (Å²) >= 11 is 5.84. The molecule has 0 radical (unpaired) electrons. The molecule has 0 N–H and O–H groups in total. The molecule has 0 aromatic carbocycles. The van der Waals surface area contributed by atoms with Crippen molar-refractivity contribution in [1.82, 2.24) is 0 Å². The van der Waals surface area contributed by atoms with E-state index < -0.39 is 0 Å². The maximum Gasteiger partial charge on any atom is 0.0285 e. The summed E-state index contributed by atoms with van der Waals surface area (Å²) in [6.07, 6.45) is 2.56. The first kappa shape index (κ1) is 7.40. The molecule has 0 aromatic heterocycles. The van der Waals surface area contributed by atoms with Crippen molar-refractivity contribution in [3.63, 3.8) is 0 Å². The van der Waals surface area contributed by atoms with Gasteiger partial charge in [0.2, 0.25) is 0 Å². The minimum atomic E-state index is 0.495. The van der Waals surface area contributed by atoms with E-state index in [4.69, 9.17) is 11.6 Å². The summed E-state index contributed by atoms with van der Waals surface area (Å²) in [6.45, 7) is 6.84. The van der Waals surface area contributed by atoms with Crippen LogP contribution in [-0.2, 0) is 0 Å². The zero-order valence-electron chi connectivity index (χ0n) is 6.50. The number of rotatable bonds is 2. The molecule has 0 spiro atoms. The van der Waals surface area contributed by atoms with E-state index in [1.807, 2.05) is 0 Å². The SMILES string of the molecule is CCC1(CCl)CC1(C)C. The van der Waals surface area contributed by atoms with Crippen molar-refractivity contribution >= 4 is 11.6 Å². The molecule has 0 amide bonds. The molecule has 1 atom stereocenters. The summed E-state index contributed by atoms with van der Waals surface area (Å²) in [5.41, 5.74) is 1.03. The van der Waals surface area contributed by atoms with Crippen LogP contribution < -0.4 is 0 Å². The monoisotopic (exact) mass is 146 g/mol. The highest BCUT2D eigenvalue weighted by Crippen LogP contribution is 2.65. The minimum absolute atomic E-state index is 0.495. The van der Waals surface area contributed by atoms with Crippen molar-refractivity contribution in [3.05, 3.63) is 0 Å². The van der Waals surface area contributed by atoms with Gasteiger partial charge in [0.05, 0.1) is 0 Å². The molecule has 1 fully saturated rings. The number of hydrogen-bond donors (Lipinski definition) is 0. The molecule has 0 saturated heterocycles. The van der Waals surface area contributed by atoms with Gasteiger partial charge in [0.1, 0.15) is 0 Å². The maximum atomic E-state index is 5.84. The highest BCUT2D eigenvalue weighted by atomic mass is 35.5. The molecule has 0 aliphatic heterocycles. The zero-order valence-corrected chi connectivity index (χ0v) is 7.26. The van der Waals surface area contributed by atoms with Crippen LogP contribution in [0.5, 0.6) is 0 Å². The molecule has 1 heteroatoms.